The van der Waals surface area contributed by atoms with Crippen molar-refractivity contribution in [2.24, 2.45) is 0 Å². The molecule has 1 amide bonds. The molecule has 0 saturated carbocycles. The number of carbonyl (C=O) groups excluding carboxylic acids is 1. The minimum atomic E-state index is -0.889. The average Bonchev–Trinajstić information content (AvgIpc) is 3.75. The molecule has 232 valence electrons. The summed E-state index contributed by atoms with van der Waals surface area (Å²) in [4.78, 5) is 15.0. The summed E-state index contributed by atoms with van der Waals surface area (Å²) in [7, 11) is 0. The molecule has 1 aromatic heterocycles. The highest BCUT2D eigenvalue weighted by atomic mass is 16.1. The number of hydrogen-bond acceptors (Lipinski definition) is 8. The van der Waals surface area contributed by atoms with E-state index in [0.29, 0.717) is 37.3 Å². The normalized spacial score (nSPS) is 19.3. The smallest absolute Gasteiger partial charge is 0.251 e. The number of likely N-dealkylation sites (tertiary alicyclic amines) is 1. The lowest BCUT2D eigenvalue weighted by molar-refractivity contribution is 0.0955. The predicted molar refractivity (Wildman–Crippen MR) is 175 cm³/mol. The molecule has 10 heteroatoms. The second kappa shape index (κ2) is 13.8. The SMILES string of the molecule is C#C[C@H](CC1(c2nn[nH]n2)c2ccc(C(=C)NCC)cc2CCc2cc(C(=O)NCC)ccc21)NCC(=C)N1CCC[C@H]1C#N. The number of aromatic amines is 1. The highest BCUT2D eigenvalue weighted by molar-refractivity contribution is 5.94. The molecule has 1 aliphatic carbocycles. The Bertz CT molecular complexity index is 1580. The van der Waals surface area contributed by atoms with Crippen molar-refractivity contribution in [3.8, 4) is 18.4 Å². The summed E-state index contributed by atoms with van der Waals surface area (Å²) in [5.74, 6) is 3.36. The molecule has 0 radical (unpaired) electrons. The van der Waals surface area contributed by atoms with E-state index in [2.05, 4.69) is 84.8 Å². The number of rotatable bonds is 12. The van der Waals surface area contributed by atoms with E-state index in [1.165, 1.54) is 0 Å². The van der Waals surface area contributed by atoms with Gasteiger partial charge in [0.1, 0.15) is 6.04 Å². The Balaban J connectivity index is 1.62. The maximum Gasteiger partial charge on any atom is 0.251 e. The maximum atomic E-state index is 12.9. The molecule has 1 saturated heterocycles. The van der Waals surface area contributed by atoms with Gasteiger partial charge >= 0.3 is 0 Å². The zero-order valence-electron chi connectivity index (χ0n) is 26.1. The van der Waals surface area contributed by atoms with Crippen LogP contribution in [0.25, 0.3) is 5.70 Å². The van der Waals surface area contributed by atoms with E-state index in [4.69, 9.17) is 6.42 Å². The number of nitriles is 1. The van der Waals surface area contributed by atoms with Gasteiger partial charge in [-0.25, -0.2) is 0 Å². The van der Waals surface area contributed by atoms with Gasteiger partial charge < -0.3 is 15.5 Å². The first-order valence-electron chi connectivity index (χ1n) is 15.6. The van der Waals surface area contributed by atoms with Crippen molar-refractivity contribution >= 4 is 11.6 Å². The third-order valence-electron chi connectivity index (χ3n) is 8.93. The van der Waals surface area contributed by atoms with E-state index in [-0.39, 0.29) is 11.9 Å². The van der Waals surface area contributed by atoms with Crippen LogP contribution in [-0.2, 0) is 18.3 Å². The summed E-state index contributed by atoms with van der Waals surface area (Å²) in [5.41, 5.74) is 6.59. The number of aryl methyl sites for hydroxylation is 2. The van der Waals surface area contributed by atoms with Crippen molar-refractivity contribution < 1.29 is 4.79 Å². The first kappa shape index (κ1) is 31.5. The fraction of sp³-hybridized carbons (Fsp3) is 0.400. The third-order valence-corrected chi connectivity index (χ3v) is 8.93. The van der Waals surface area contributed by atoms with Crippen molar-refractivity contribution in [3.63, 3.8) is 0 Å². The second-order valence-electron chi connectivity index (χ2n) is 11.6. The Morgan fingerprint density at radius 2 is 1.82 bits per heavy atom. The molecule has 0 bridgehead atoms. The number of nitrogens with zero attached hydrogens (tertiary/aromatic N) is 5. The largest absolute Gasteiger partial charge is 0.385 e. The molecule has 2 aliphatic rings. The second-order valence-corrected chi connectivity index (χ2v) is 11.6. The van der Waals surface area contributed by atoms with E-state index in [1.807, 2.05) is 32.0 Å². The summed E-state index contributed by atoms with van der Waals surface area (Å²) < 4.78 is 0. The first-order valence-corrected chi connectivity index (χ1v) is 15.6. The molecule has 10 nitrogen and oxygen atoms in total. The van der Waals surface area contributed by atoms with Crippen LogP contribution in [-0.4, -0.2) is 69.7 Å². The van der Waals surface area contributed by atoms with E-state index in [1.54, 1.807) is 0 Å². The summed E-state index contributed by atoms with van der Waals surface area (Å²) in [6, 6.07) is 14.1. The fourth-order valence-corrected chi connectivity index (χ4v) is 6.77. The molecule has 1 aliphatic heterocycles. The number of nitrogens with one attached hydrogen (secondary N) is 4. The van der Waals surface area contributed by atoms with Crippen LogP contribution in [0.4, 0.5) is 0 Å². The molecule has 3 atom stereocenters. The van der Waals surface area contributed by atoms with Gasteiger partial charge in [-0.2, -0.15) is 10.5 Å². The van der Waals surface area contributed by atoms with Gasteiger partial charge in [-0.05, 0) is 92.0 Å². The monoisotopic (exact) mass is 603 g/mol. The zero-order valence-corrected chi connectivity index (χ0v) is 26.1. The van der Waals surface area contributed by atoms with E-state index >= 15 is 0 Å². The third kappa shape index (κ3) is 6.20. The molecule has 3 aromatic rings. The van der Waals surface area contributed by atoms with Crippen molar-refractivity contribution in [3.05, 3.63) is 94.5 Å². The molecule has 1 fully saturated rings. The first-order chi connectivity index (χ1) is 21.9. The fourth-order valence-electron chi connectivity index (χ4n) is 6.77. The topological polar surface area (TPSA) is 135 Å². The van der Waals surface area contributed by atoms with Gasteiger partial charge in [0.15, 0.2) is 5.82 Å². The van der Waals surface area contributed by atoms with Crippen LogP contribution < -0.4 is 16.0 Å². The minimum absolute atomic E-state index is 0.115. The number of fused-ring (bicyclic) bond motifs is 2. The number of tetrazole rings is 1. The van der Waals surface area contributed by atoms with Gasteiger partial charge in [-0.3, -0.25) is 10.1 Å². The predicted octanol–water partition coefficient (Wildman–Crippen LogP) is 3.45. The van der Waals surface area contributed by atoms with Crippen LogP contribution in [0, 0.1) is 23.7 Å². The summed E-state index contributed by atoms with van der Waals surface area (Å²) in [6.07, 6.45) is 9.90. The quantitative estimate of drug-likeness (QED) is 0.231. The highest BCUT2D eigenvalue weighted by Crippen LogP contribution is 2.47. The van der Waals surface area contributed by atoms with Gasteiger partial charge in [-0.1, -0.05) is 42.5 Å². The molecule has 1 unspecified atom stereocenters. The van der Waals surface area contributed by atoms with Crippen LogP contribution in [0.3, 0.4) is 0 Å². The average molecular weight is 604 g/mol. The van der Waals surface area contributed by atoms with Gasteiger partial charge in [0.2, 0.25) is 0 Å². The van der Waals surface area contributed by atoms with E-state index in [0.717, 1.165) is 71.6 Å². The number of hydrogen-bond donors (Lipinski definition) is 4. The van der Waals surface area contributed by atoms with Gasteiger partial charge in [0.05, 0.1) is 17.5 Å². The Hall–Kier alpha value is -4.93. The number of amides is 1. The number of H-pyrrole nitrogens is 1. The zero-order chi connectivity index (χ0) is 32.0. The van der Waals surface area contributed by atoms with Crippen molar-refractivity contribution in [2.45, 2.75) is 63.5 Å². The van der Waals surface area contributed by atoms with Crippen LogP contribution in [0.1, 0.15) is 77.1 Å². The van der Waals surface area contributed by atoms with Crippen LogP contribution in [0.5, 0.6) is 0 Å². The van der Waals surface area contributed by atoms with Crippen LogP contribution in [0.2, 0.25) is 0 Å². The number of terminal acetylenes is 1. The van der Waals surface area contributed by atoms with E-state index in [9.17, 15) is 10.1 Å². The van der Waals surface area contributed by atoms with E-state index < -0.39 is 11.5 Å². The van der Waals surface area contributed by atoms with Crippen LogP contribution in [0.15, 0.2) is 55.3 Å². The van der Waals surface area contributed by atoms with Gasteiger partial charge in [0, 0.05) is 43.1 Å². The number of carbonyl (C=O) groups is 1. The molecule has 5 rings (SSSR count). The lowest BCUT2D eigenvalue weighted by atomic mass is 9.67. The summed E-state index contributed by atoms with van der Waals surface area (Å²) in [5, 5.41) is 35.2. The minimum Gasteiger partial charge on any atom is -0.385 e. The molecular formula is C35H41N9O. The van der Waals surface area contributed by atoms with Crippen molar-refractivity contribution in [2.75, 3.05) is 26.2 Å². The molecule has 4 N–H and O–H groups in total. The lowest BCUT2D eigenvalue weighted by Crippen LogP contribution is -2.43. The van der Waals surface area contributed by atoms with Gasteiger partial charge in [0.25, 0.3) is 5.91 Å². The molecule has 2 heterocycles. The van der Waals surface area contributed by atoms with Gasteiger partial charge in [-0.15, -0.1) is 16.6 Å². The maximum absolute atomic E-state index is 12.9. The Kier molecular flexibility index (Phi) is 9.65. The molecule has 0 spiro atoms. The highest BCUT2D eigenvalue weighted by Gasteiger charge is 2.46. The number of benzene rings is 2. The standard InChI is InChI=1S/C35H41N9O/c1-6-29(39-22-23(4)44-17-9-10-30(44)21-36)20-35(34-40-42-43-41-34)31-15-13-25(24(5)37-7-2)18-26(31)11-12-27-19-28(14-16-32(27)35)33(45)38-8-3/h1,13-16,18-19,29-30,37,39H,4-5,7-12,17,20,22H2,2-3H3,(H,38,45)(H,40,41,42,43)/t29-,30+,35?/m1/s1. The molecule has 45 heavy (non-hydrogen) atoms. The number of aromatic nitrogens is 4. The molecule has 2 aromatic carbocycles. The summed E-state index contributed by atoms with van der Waals surface area (Å²) in [6.45, 7) is 15.0. The van der Waals surface area contributed by atoms with Crippen molar-refractivity contribution in [1.82, 2.24) is 41.5 Å². The van der Waals surface area contributed by atoms with Crippen molar-refractivity contribution in [1.29, 1.82) is 5.26 Å². The molecular weight excluding hydrogens is 562 g/mol. The Morgan fingerprint density at radius 1 is 1.13 bits per heavy atom. The Morgan fingerprint density at radius 3 is 2.44 bits per heavy atom. The summed E-state index contributed by atoms with van der Waals surface area (Å²) >= 11 is 0. The Labute approximate surface area is 265 Å². The van der Waals surface area contributed by atoms with Crippen LogP contribution >= 0.6 is 0 Å². The lowest BCUT2D eigenvalue weighted by Gasteiger charge is -2.36.